The van der Waals surface area contributed by atoms with Crippen LogP contribution in [0.3, 0.4) is 0 Å². The van der Waals surface area contributed by atoms with E-state index in [9.17, 15) is 4.79 Å². The number of carbonyl (C=O) groups is 1. The average molecular weight is 325 g/mol. The normalized spacial score (nSPS) is 41.1. The molecule has 0 aromatic rings. The van der Waals surface area contributed by atoms with Crippen LogP contribution in [0.2, 0.25) is 0 Å². The van der Waals surface area contributed by atoms with Crippen molar-refractivity contribution in [2.75, 3.05) is 6.61 Å². The van der Waals surface area contributed by atoms with Crippen molar-refractivity contribution >= 4 is 5.91 Å². The van der Waals surface area contributed by atoms with Crippen LogP contribution in [0.1, 0.15) is 41.0 Å². The molecule has 3 fully saturated rings. The molecule has 0 saturated carbocycles. The van der Waals surface area contributed by atoms with Crippen LogP contribution in [0.25, 0.3) is 0 Å². The van der Waals surface area contributed by atoms with Crippen LogP contribution in [0.5, 0.6) is 0 Å². The topological polar surface area (TPSA) is 57.0 Å². The predicted octanol–water partition coefficient (Wildman–Crippen LogP) is 1.83. The molecule has 1 amide bonds. The molecule has 0 aromatic carbocycles. The first-order chi connectivity index (χ1) is 10.7. The molecule has 0 spiro atoms. The fourth-order valence-corrected chi connectivity index (χ4v) is 3.79. The second-order valence-corrected chi connectivity index (χ2v) is 7.44. The minimum Gasteiger partial charge on any atom is -0.348 e. The molecule has 6 heteroatoms. The molecule has 0 bridgehead atoms. The van der Waals surface area contributed by atoms with Gasteiger partial charge in [0, 0.05) is 6.92 Å². The van der Waals surface area contributed by atoms with E-state index in [0.717, 1.165) is 6.42 Å². The Morgan fingerprint density at radius 2 is 1.83 bits per heavy atom. The first-order valence-corrected chi connectivity index (χ1v) is 8.22. The van der Waals surface area contributed by atoms with E-state index in [1.54, 1.807) is 6.92 Å². The van der Waals surface area contributed by atoms with Crippen LogP contribution in [-0.4, -0.2) is 59.4 Å². The summed E-state index contributed by atoms with van der Waals surface area (Å²) in [6, 6.07) is 0.134. The number of carbonyl (C=O) groups excluding carboxylic acids is 1. The Morgan fingerprint density at radius 3 is 2.35 bits per heavy atom. The lowest BCUT2D eigenvalue weighted by atomic mass is 10.0. The zero-order valence-corrected chi connectivity index (χ0v) is 14.6. The molecule has 23 heavy (non-hydrogen) atoms. The highest BCUT2D eigenvalue weighted by molar-refractivity contribution is 5.77. The average Bonchev–Trinajstić information content (AvgIpc) is 2.87. The third-order valence-electron chi connectivity index (χ3n) is 4.65. The maximum absolute atomic E-state index is 11.9. The Bertz CT molecular complexity index is 503. The Labute approximate surface area is 137 Å². The molecule has 0 aromatic heterocycles. The summed E-state index contributed by atoms with van der Waals surface area (Å²) < 4.78 is 23.9. The van der Waals surface area contributed by atoms with Gasteiger partial charge in [-0.3, -0.25) is 4.79 Å². The van der Waals surface area contributed by atoms with Crippen molar-refractivity contribution in [1.82, 2.24) is 4.90 Å². The number of hydrogen-bond donors (Lipinski definition) is 0. The van der Waals surface area contributed by atoms with Crippen molar-refractivity contribution in [2.24, 2.45) is 0 Å². The third-order valence-corrected chi connectivity index (χ3v) is 4.65. The van der Waals surface area contributed by atoms with E-state index < -0.39 is 11.6 Å². The van der Waals surface area contributed by atoms with Crippen molar-refractivity contribution in [3.63, 3.8) is 0 Å². The Morgan fingerprint density at radius 1 is 1.17 bits per heavy atom. The maximum atomic E-state index is 11.9. The van der Waals surface area contributed by atoms with Crippen molar-refractivity contribution in [3.8, 4) is 0 Å². The summed E-state index contributed by atoms with van der Waals surface area (Å²) in [5.74, 6) is -1.26. The van der Waals surface area contributed by atoms with E-state index in [1.807, 2.05) is 38.7 Å². The molecule has 6 nitrogen and oxygen atoms in total. The largest absolute Gasteiger partial charge is 0.348 e. The Hall–Kier alpha value is -0.950. The smallest absolute Gasteiger partial charge is 0.220 e. The number of rotatable bonds is 4. The highest BCUT2D eigenvalue weighted by Crippen LogP contribution is 2.45. The number of amides is 1. The SMILES string of the molecule is C=CC[C@@H]1[C@H]([C@H]2OC(C)(C)O[C@@H]2[C@H]2COC(C)(C)O2)N1C(C)=O. The quantitative estimate of drug-likeness (QED) is 0.583. The van der Waals surface area contributed by atoms with Gasteiger partial charge in [0.1, 0.15) is 18.3 Å². The molecular weight excluding hydrogens is 298 g/mol. The van der Waals surface area contributed by atoms with Gasteiger partial charge in [0.2, 0.25) is 5.91 Å². The summed E-state index contributed by atoms with van der Waals surface area (Å²) in [5.41, 5.74) is 0. The van der Waals surface area contributed by atoms with E-state index >= 15 is 0 Å². The second kappa shape index (κ2) is 5.55. The van der Waals surface area contributed by atoms with Crippen LogP contribution in [0.4, 0.5) is 0 Å². The molecule has 3 rings (SSSR count). The summed E-state index contributed by atoms with van der Waals surface area (Å²) in [6.45, 7) is 13.4. The summed E-state index contributed by atoms with van der Waals surface area (Å²) in [5, 5.41) is 0. The molecule has 3 heterocycles. The van der Waals surface area contributed by atoms with Crippen molar-refractivity contribution in [3.05, 3.63) is 12.7 Å². The molecule has 3 aliphatic rings. The van der Waals surface area contributed by atoms with Crippen molar-refractivity contribution in [2.45, 2.75) is 83.0 Å². The van der Waals surface area contributed by atoms with Gasteiger partial charge in [-0.15, -0.1) is 6.58 Å². The van der Waals surface area contributed by atoms with Crippen LogP contribution in [0, 0.1) is 0 Å². The number of hydrogen-bond acceptors (Lipinski definition) is 5. The van der Waals surface area contributed by atoms with Gasteiger partial charge in [0.15, 0.2) is 11.6 Å². The van der Waals surface area contributed by atoms with E-state index in [-0.39, 0.29) is 36.3 Å². The number of nitrogens with zero attached hydrogens (tertiary/aromatic N) is 1. The van der Waals surface area contributed by atoms with Gasteiger partial charge >= 0.3 is 0 Å². The highest BCUT2D eigenvalue weighted by atomic mass is 16.8. The van der Waals surface area contributed by atoms with Gasteiger partial charge in [-0.2, -0.15) is 0 Å². The summed E-state index contributed by atoms with van der Waals surface area (Å²) in [7, 11) is 0. The second-order valence-electron chi connectivity index (χ2n) is 7.44. The minimum absolute atomic E-state index is 0.00425. The molecule has 3 saturated heterocycles. The van der Waals surface area contributed by atoms with E-state index in [4.69, 9.17) is 18.9 Å². The molecule has 0 aliphatic carbocycles. The summed E-state index contributed by atoms with van der Waals surface area (Å²) >= 11 is 0. The first kappa shape index (κ1) is 16.9. The van der Waals surface area contributed by atoms with Crippen molar-refractivity contribution in [1.29, 1.82) is 0 Å². The van der Waals surface area contributed by atoms with Gasteiger partial charge in [-0.25, -0.2) is 0 Å². The zero-order valence-electron chi connectivity index (χ0n) is 14.6. The van der Waals surface area contributed by atoms with Gasteiger partial charge in [0.25, 0.3) is 0 Å². The van der Waals surface area contributed by atoms with Gasteiger partial charge in [-0.05, 0) is 34.1 Å². The van der Waals surface area contributed by atoms with Crippen LogP contribution >= 0.6 is 0 Å². The predicted molar refractivity (Wildman–Crippen MR) is 83.6 cm³/mol. The zero-order chi connectivity index (χ0) is 17.0. The molecule has 0 unspecified atom stereocenters. The Balaban J connectivity index is 1.79. The fraction of sp³-hybridized carbons (Fsp3) is 0.824. The Kier molecular flexibility index (Phi) is 4.08. The lowest BCUT2D eigenvalue weighted by Crippen LogP contribution is -2.42. The van der Waals surface area contributed by atoms with Gasteiger partial charge in [-0.1, -0.05) is 6.08 Å². The lowest BCUT2D eigenvalue weighted by Gasteiger charge is -2.23. The van der Waals surface area contributed by atoms with Gasteiger partial charge < -0.3 is 23.8 Å². The van der Waals surface area contributed by atoms with Crippen LogP contribution < -0.4 is 0 Å². The van der Waals surface area contributed by atoms with Crippen LogP contribution in [-0.2, 0) is 23.7 Å². The third kappa shape index (κ3) is 3.18. The molecular formula is C17H27NO5. The van der Waals surface area contributed by atoms with Crippen molar-refractivity contribution < 1.29 is 23.7 Å². The van der Waals surface area contributed by atoms with E-state index in [1.165, 1.54) is 0 Å². The monoisotopic (exact) mass is 325 g/mol. The lowest BCUT2D eigenvalue weighted by molar-refractivity contribution is -0.174. The molecule has 130 valence electrons. The summed E-state index contributed by atoms with van der Waals surface area (Å²) in [4.78, 5) is 13.7. The highest BCUT2D eigenvalue weighted by Gasteiger charge is 2.62. The number of ether oxygens (including phenoxy) is 4. The molecule has 3 aliphatic heterocycles. The van der Waals surface area contributed by atoms with Gasteiger partial charge in [0.05, 0.1) is 18.7 Å². The molecule has 5 atom stereocenters. The van der Waals surface area contributed by atoms with E-state index in [2.05, 4.69) is 6.58 Å². The fourth-order valence-electron chi connectivity index (χ4n) is 3.79. The summed E-state index contributed by atoms with van der Waals surface area (Å²) in [6.07, 6.45) is 1.92. The minimum atomic E-state index is -0.699. The van der Waals surface area contributed by atoms with Crippen LogP contribution in [0.15, 0.2) is 12.7 Å². The first-order valence-electron chi connectivity index (χ1n) is 8.22. The molecule has 0 radical (unpaired) electrons. The van der Waals surface area contributed by atoms with E-state index in [0.29, 0.717) is 6.61 Å². The maximum Gasteiger partial charge on any atom is 0.220 e. The molecule has 0 N–H and O–H groups in total. The standard InChI is InChI=1S/C17H27NO5/c1-7-8-11-13(18(11)10(2)19)15-14(22-17(5,6)23-15)12-9-20-16(3,4)21-12/h7,11-15H,1,8-9H2,2-6H3/t11-,12-,13-,14-,15-,18?/m1/s1.